The second-order valence-corrected chi connectivity index (χ2v) is 5.77. The molecule has 0 bridgehead atoms. The van der Waals surface area contributed by atoms with Crippen LogP contribution in [0.25, 0.3) is 0 Å². The summed E-state index contributed by atoms with van der Waals surface area (Å²) in [6.45, 7) is 0.293. The number of aliphatic carboxylic acids is 1. The Hall–Kier alpha value is -1.82. The molecule has 1 aromatic carbocycles. The Morgan fingerprint density at radius 2 is 2.10 bits per heavy atom. The average molecular weight is 315 g/mol. The summed E-state index contributed by atoms with van der Waals surface area (Å²) in [6.07, 6.45) is 2.59. The molecule has 0 aliphatic heterocycles. The average Bonchev–Trinajstić information content (AvgIpc) is 2.36. The molecular formula is C14H16ClFN2O3. The van der Waals surface area contributed by atoms with E-state index in [0.717, 1.165) is 25.3 Å². The molecule has 7 heteroatoms. The number of hydrogen-bond donors (Lipinski definition) is 3. The number of urea groups is 1. The lowest BCUT2D eigenvalue weighted by atomic mass is 9.66. The Bertz CT molecular complexity index is 561. The van der Waals surface area contributed by atoms with Crippen molar-refractivity contribution in [2.45, 2.75) is 25.7 Å². The number of carboxylic acids is 1. The smallest absolute Gasteiger partial charge is 0.319 e. The largest absolute Gasteiger partial charge is 0.481 e. The molecular weight excluding hydrogens is 299 g/mol. The lowest BCUT2D eigenvalue weighted by molar-refractivity contribution is -0.141. The van der Waals surface area contributed by atoms with Crippen molar-refractivity contribution in [1.82, 2.24) is 5.32 Å². The van der Waals surface area contributed by atoms with E-state index in [1.54, 1.807) is 0 Å². The topological polar surface area (TPSA) is 78.4 Å². The van der Waals surface area contributed by atoms with Crippen LogP contribution in [0.4, 0.5) is 14.9 Å². The Kier molecular flexibility index (Phi) is 4.67. The third-order valence-corrected chi connectivity index (χ3v) is 4.05. The van der Waals surface area contributed by atoms with Crippen LogP contribution in [0.2, 0.25) is 5.02 Å². The molecule has 0 aromatic heterocycles. The van der Waals surface area contributed by atoms with E-state index in [0.29, 0.717) is 6.54 Å². The van der Waals surface area contributed by atoms with E-state index in [2.05, 4.69) is 10.6 Å². The fourth-order valence-electron chi connectivity index (χ4n) is 2.43. The van der Waals surface area contributed by atoms with Crippen LogP contribution >= 0.6 is 11.6 Å². The monoisotopic (exact) mass is 314 g/mol. The summed E-state index contributed by atoms with van der Waals surface area (Å²) >= 11 is 5.55. The highest BCUT2D eigenvalue weighted by Gasteiger charge is 2.39. The van der Waals surface area contributed by atoms with Crippen molar-refractivity contribution in [2.75, 3.05) is 11.9 Å². The molecule has 1 aromatic rings. The summed E-state index contributed by atoms with van der Waals surface area (Å²) in [5, 5.41) is 14.0. The van der Waals surface area contributed by atoms with Crippen LogP contribution in [0.1, 0.15) is 25.7 Å². The number of carboxylic acid groups (broad SMARTS) is 1. The number of carbonyl (C=O) groups is 2. The number of hydrogen-bond acceptors (Lipinski definition) is 2. The maximum Gasteiger partial charge on any atom is 0.319 e. The van der Waals surface area contributed by atoms with Crippen LogP contribution in [0.15, 0.2) is 18.2 Å². The number of carbonyl (C=O) groups excluding carboxylic acids is 1. The third-order valence-electron chi connectivity index (χ3n) is 3.74. The summed E-state index contributed by atoms with van der Waals surface area (Å²) in [7, 11) is 0. The van der Waals surface area contributed by atoms with E-state index in [1.165, 1.54) is 12.1 Å². The predicted octanol–water partition coefficient (Wildman–Crippen LogP) is 3.25. The standard InChI is InChI=1S/C14H16ClFN2O3/c15-10-3-2-9(6-11(10)16)18-13(21)17-8-14(4-1-5-14)7-12(19)20/h2-3,6H,1,4-5,7-8H2,(H,19,20)(H2,17,18,21). The van der Waals surface area contributed by atoms with E-state index in [-0.39, 0.29) is 22.5 Å². The molecule has 1 saturated carbocycles. The minimum atomic E-state index is -0.864. The SMILES string of the molecule is O=C(O)CC1(CNC(=O)Nc2ccc(Cl)c(F)c2)CCC1. The second kappa shape index (κ2) is 6.30. The van der Waals surface area contributed by atoms with Crippen LogP contribution in [-0.4, -0.2) is 23.7 Å². The van der Waals surface area contributed by atoms with Gasteiger partial charge in [-0.25, -0.2) is 9.18 Å². The van der Waals surface area contributed by atoms with Gasteiger partial charge in [0.15, 0.2) is 0 Å². The molecule has 3 N–H and O–H groups in total. The fraction of sp³-hybridized carbons (Fsp3) is 0.429. The molecule has 5 nitrogen and oxygen atoms in total. The number of benzene rings is 1. The van der Waals surface area contributed by atoms with Gasteiger partial charge >= 0.3 is 12.0 Å². The minimum Gasteiger partial charge on any atom is -0.481 e. The number of amides is 2. The predicted molar refractivity (Wildman–Crippen MR) is 77.0 cm³/mol. The number of anilines is 1. The zero-order valence-electron chi connectivity index (χ0n) is 11.3. The molecule has 0 atom stereocenters. The first-order chi connectivity index (χ1) is 9.90. The Labute approximate surface area is 126 Å². The molecule has 0 saturated heterocycles. The lowest BCUT2D eigenvalue weighted by Gasteiger charge is -2.40. The molecule has 1 aliphatic carbocycles. The molecule has 21 heavy (non-hydrogen) atoms. The van der Waals surface area contributed by atoms with Gasteiger partial charge in [-0.2, -0.15) is 0 Å². The van der Waals surface area contributed by atoms with Gasteiger partial charge < -0.3 is 15.7 Å². The van der Waals surface area contributed by atoms with Gasteiger partial charge in [0, 0.05) is 12.2 Å². The second-order valence-electron chi connectivity index (χ2n) is 5.36. The zero-order chi connectivity index (χ0) is 15.5. The molecule has 2 rings (SSSR count). The fourth-order valence-corrected chi connectivity index (χ4v) is 2.55. The van der Waals surface area contributed by atoms with Crippen LogP contribution in [0.5, 0.6) is 0 Å². The van der Waals surface area contributed by atoms with Gasteiger partial charge in [-0.05, 0) is 36.5 Å². The first-order valence-corrected chi connectivity index (χ1v) is 7.00. The van der Waals surface area contributed by atoms with Gasteiger partial charge in [0.1, 0.15) is 5.82 Å². The van der Waals surface area contributed by atoms with Crippen molar-refractivity contribution < 1.29 is 19.1 Å². The van der Waals surface area contributed by atoms with E-state index in [4.69, 9.17) is 16.7 Å². The van der Waals surface area contributed by atoms with E-state index in [9.17, 15) is 14.0 Å². The summed E-state index contributed by atoms with van der Waals surface area (Å²) in [6, 6.07) is 3.47. The normalized spacial score (nSPS) is 15.9. The van der Waals surface area contributed by atoms with E-state index in [1.807, 2.05) is 0 Å². The van der Waals surface area contributed by atoms with Crippen molar-refractivity contribution in [3.05, 3.63) is 29.0 Å². The van der Waals surface area contributed by atoms with Crippen LogP contribution in [0.3, 0.4) is 0 Å². The van der Waals surface area contributed by atoms with Gasteiger partial charge in [-0.15, -0.1) is 0 Å². The molecule has 114 valence electrons. The summed E-state index contributed by atoms with van der Waals surface area (Å²) in [5.74, 6) is -1.48. The van der Waals surface area contributed by atoms with E-state index < -0.39 is 17.8 Å². The van der Waals surface area contributed by atoms with Gasteiger partial charge in [-0.1, -0.05) is 18.0 Å². The Morgan fingerprint density at radius 1 is 1.38 bits per heavy atom. The van der Waals surface area contributed by atoms with Crippen molar-refractivity contribution >= 4 is 29.3 Å². The quantitative estimate of drug-likeness (QED) is 0.780. The molecule has 1 fully saturated rings. The van der Waals surface area contributed by atoms with Crippen LogP contribution in [0, 0.1) is 11.2 Å². The van der Waals surface area contributed by atoms with Crippen molar-refractivity contribution in [1.29, 1.82) is 0 Å². The molecule has 2 amide bonds. The number of rotatable bonds is 5. The zero-order valence-corrected chi connectivity index (χ0v) is 12.0. The van der Waals surface area contributed by atoms with Gasteiger partial charge in [-0.3, -0.25) is 4.79 Å². The molecule has 1 aliphatic rings. The highest BCUT2D eigenvalue weighted by Crippen LogP contribution is 2.43. The van der Waals surface area contributed by atoms with Gasteiger partial charge in [0.05, 0.1) is 11.4 Å². The summed E-state index contributed by atoms with van der Waals surface area (Å²) < 4.78 is 13.2. The van der Waals surface area contributed by atoms with Crippen molar-refractivity contribution in [3.63, 3.8) is 0 Å². The van der Waals surface area contributed by atoms with Gasteiger partial charge in [0.25, 0.3) is 0 Å². The van der Waals surface area contributed by atoms with Crippen molar-refractivity contribution in [2.24, 2.45) is 5.41 Å². The highest BCUT2D eigenvalue weighted by atomic mass is 35.5. The van der Waals surface area contributed by atoms with Crippen molar-refractivity contribution in [3.8, 4) is 0 Å². The Balaban J connectivity index is 1.87. The van der Waals surface area contributed by atoms with Crippen LogP contribution in [-0.2, 0) is 4.79 Å². The molecule has 0 radical (unpaired) electrons. The summed E-state index contributed by atoms with van der Waals surface area (Å²) in [4.78, 5) is 22.6. The minimum absolute atomic E-state index is 0.0177. The highest BCUT2D eigenvalue weighted by molar-refractivity contribution is 6.30. The summed E-state index contributed by atoms with van der Waals surface area (Å²) in [5.41, 5.74) is -0.0654. The number of halogens is 2. The molecule has 0 spiro atoms. The third kappa shape index (κ3) is 4.07. The molecule has 0 unspecified atom stereocenters. The first kappa shape index (κ1) is 15.6. The Morgan fingerprint density at radius 3 is 2.62 bits per heavy atom. The van der Waals surface area contributed by atoms with Crippen LogP contribution < -0.4 is 10.6 Å². The van der Waals surface area contributed by atoms with Gasteiger partial charge in [0.2, 0.25) is 0 Å². The maximum absolute atomic E-state index is 13.2. The first-order valence-electron chi connectivity index (χ1n) is 6.62. The lowest BCUT2D eigenvalue weighted by Crippen LogP contribution is -2.44. The van der Waals surface area contributed by atoms with E-state index >= 15 is 0 Å². The molecule has 0 heterocycles. The maximum atomic E-state index is 13.2. The number of nitrogens with one attached hydrogen (secondary N) is 2.